The molecule has 0 aromatic carbocycles. The number of ether oxygens (including phenoxy) is 1. The van der Waals surface area contributed by atoms with Gasteiger partial charge in [-0.05, 0) is 0 Å². The van der Waals surface area contributed by atoms with E-state index in [-0.39, 0.29) is 0 Å². The molecule has 0 radical (unpaired) electrons. The molecule has 1 unspecified atom stereocenters. The van der Waals surface area contributed by atoms with Crippen LogP contribution in [0.1, 0.15) is 0 Å². The van der Waals surface area contributed by atoms with Gasteiger partial charge in [-0.1, -0.05) is 0 Å². The number of rotatable bonds is 3. The van der Waals surface area contributed by atoms with Gasteiger partial charge >= 0.3 is 76.6 Å². The lowest BCUT2D eigenvalue weighted by molar-refractivity contribution is -0.639. The van der Waals surface area contributed by atoms with E-state index in [0.29, 0.717) is 0 Å². The molecule has 4 saturated carbocycles. The second-order valence-electron chi connectivity index (χ2n) is 8.23. The average molecular weight is 630 g/mol. The third kappa shape index (κ3) is 2.16. The summed E-state index contributed by atoms with van der Waals surface area (Å²) in [6.45, 7) is 0. The molecule has 39 heavy (non-hydrogen) atoms. The summed E-state index contributed by atoms with van der Waals surface area (Å²) in [6.07, 6.45) is -12.9. The van der Waals surface area contributed by atoms with Crippen molar-refractivity contribution in [3.63, 3.8) is 0 Å². The van der Waals surface area contributed by atoms with Crippen LogP contribution in [-0.4, -0.2) is 70.5 Å². The Morgan fingerprint density at radius 2 is 0.744 bits per heavy atom. The first-order valence-electron chi connectivity index (χ1n) is 8.77. The molecule has 1 atom stereocenters. The molecule has 0 N–H and O–H groups in total. The molecule has 4 aliphatic rings. The highest BCUT2D eigenvalue weighted by atomic mass is 19.4. The van der Waals surface area contributed by atoms with Gasteiger partial charge in [0.1, 0.15) is 0 Å². The zero-order valence-electron chi connectivity index (χ0n) is 16.6. The first kappa shape index (κ1) is 31.2. The van der Waals surface area contributed by atoms with Gasteiger partial charge in [-0.3, -0.25) is 0 Å². The van der Waals surface area contributed by atoms with Gasteiger partial charge in [-0.25, -0.2) is 44.3 Å². The van der Waals surface area contributed by atoms with Crippen molar-refractivity contribution < 1.29 is 106 Å². The minimum atomic E-state index is -9.15. The molecule has 0 aromatic rings. The van der Waals surface area contributed by atoms with Crippen LogP contribution in [0.5, 0.6) is 0 Å². The maximum Gasteiger partial charge on any atom is 0.461 e. The van der Waals surface area contributed by atoms with E-state index < -0.39 is 87.9 Å². The van der Waals surface area contributed by atoms with Crippen LogP contribution in [0.4, 0.5) is 96.6 Å². The topological polar surface area (TPSA) is 26.3 Å². The Labute approximate surface area is 195 Å². The van der Waals surface area contributed by atoms with E-state index in [9.17, 15) is 97.0 Å². The molecule has 2 nitrogen and oxygen atoms in total. The van der Waals surface area contributed by atoms with Crippen molar-refractivity contribution in [3.05, 3.63) is 11.9 Å². The van der Waals surface area contributed by atoms with Crippen LogP contribution in [0.15, 0.2) is 11.9 Å². The van der Waals surface area contributed by atoms with E-state index in [4.69, 9.17) is 0 Å². The Kier molecular flexibility index (Phi) is 5.40. The molecular weight excluding hydrogens is 630 g/mol. The second kappa shape index (κ2) is 6.75. The number of halogens is 22. The maximum absolute atomic E-state index is 15.2. The van der Waals surface area contributed by atoms with Gasteiger partial charge < -0.3 is 4.74 Å². The van der Waals surface area contributed by atoms with Crippen LogP contribution in [0, 0.1) is 5.41 Å². The lowest BCUT2D eigenvalue weighted by atomic mass is 9.35. The summed E-state index contributed by atoms with van der Waals surface area (Å²) in [5.41, 5.74) is -35.4. The molecule has 4 rings (SSSR count). The highest BCUT2D eigenvalue weighted by Gasteiger charge is 3.26. The number of alkyl halides is 19. The summed E-state index contributed by atoms with van der Waals surface area (Å²) in [5.74, 6) is -70.9. The molecule has 0 aliphatic heterocycles. The third-order valence-electron chi connectivity index (χ3n) is 6.73. The molecule has 0 amide bonds. The summed E-state index contributed by atoms with van der Waals surface area (Å²) in [7, 11) is 0. The number of carbonyl (C=O) groups is 1. The van der Waals surface area contributed by atoms with Crippen LogP contribution in [0.25, 0.3) is 0 Å². The van der Waals surface area contributed by atoms with Crippen molar-refractivity contribution in [2.45, 2.75) is 64.6 Å². The van der Waals surface area contributed by atoms with Crippen LogP contribution in [0.2, 0.25) is 0 Å². The van der Waals surface area contributed by atoms with Crippen molar-refractivity contribution in [2.75, 3.05) is 0 Å². The number of hydrogen-bond acceptors (Lipinski definition) is 2. The van der Waals surface area contributed by atoms with Gasteiger partial charge in [-0.2, -0.15) is 57.1 Å². The standard InChI is InChI=1S/C15F22O2/c16-1(2(17)18)3(38)39-14(34,15(35,36)37)4-8(22,23)5(19)11(28,29)6(20,9(4,24)25)13(32,33)7(21,10(4,26)27)12(5,30)31. The fourth-order valence-corrected chi connectivity index (χ4v) is 5.06. The molecule has 4 aliphatic carbocycles. The second-order valence-corrected chi connectivity index (χ2v) is 8.23. The molecule has 4 fully saturated rings. The lowest BCUT2D eigenvalue weighted by Gasteiger charge is -2.76. The van der Waals surface area contributed by atoms with Crippen molar-refractivity contribution in [2.24, 2.45) is 5.41 Å². The summed E-state index contributed by atoms with van der Waals surface area (Å²) in [6, 6.07) is 0. The average Bonchev–Trinajstić information content (AvgIpc) is 2.72. The number of carbonyl (C=O) groups excluding carboxylic acids is 1. The van der Waals surface area contributed by atoms with Gasteiger partial charge in [0.2, 0.25) is 0 Å². The van der Waals surface area contributed by atoms with Gasteiger partial charge in [0, 0.05) is 0 Å². The van der Waals surface area contributed by atoms with Crippen molar-refractivity contribution >= 4 is 5.97 Å². The van der Waals surface area contributed by atoms with E-state index in [1.54, 1.807) is 0 Å². The molecule has 4 bridgehead atoms. The summed E-state index contributed by atoms with van der Waals surface area (Å²) in [4.78, 5) is 11.1. The molecular formula is C15F22O2. The fourth-order valence-electron chi connectivity index (χ4n) is 5.06. The van der Waals surface area contributed by atoms with Gasteiger partial charge in [0.25, 0.3) is 11.2 Å². The SMILES string of the molecule is O=C(OC(F)(C(F)(F)F)C12C(F)(F)C3(F)C(F)(F)C(F)(C(F)(F)C(F)(C3(F)F)C1(F)F)C2(F)F)C(F)=C(F)F. The predicted molar refractivity (Wildman–Crippen MR) is 70.0 cm³/mol. The van der Waals surface area contributed by atoms with E-state index in [1.807, 2.05) is 4.74 Å². The Hall–Kier alpha value is -2.33. The maximum atomic E-state index is 15.2. The molecule has 0 aromatic heterocycles. The van der Waals surface area contributed by atoms with E-state index >= 15 is 4.39 Å². The Balaban J connectivity index is 2.77. The van der Waals surface area contributed by atoms with E-state index in [2.05, 4.69) is 0 Å². The summed E-state index contributed by atoms with van der Waals surface area (Å²) < 4.78 is 315. The van der Waals surface area contributed by atoms with Crippen molar-refractivity contribution in [3.8, 4) is 0 Å². The predicted octanol–water partition coefficient (Wildman–Crippen LogP) is 6.80. The monoisotopic (exact) mass is 630 g/mol. The molecule has 24 heteroatoms. The zero-order chi connectivity index (χ0) is 31.4. The minimum absolute atomic E-state index is 1.84. The quantitative estimate of drug-likeness (QED) is 0.195. The van der Waals surface area contributed by atoms with Gasteiger partial charge in [-0.15, -0.1) is 0 Å². The Morgan fingerprint density at radius 3 is 0.949 bits per heavy atom. The largest absolute Gasteiger partial charge is 0.461 e. The Bertz CT molecular complexity index is 1050. The Morgan fingerprint density at radius 1 is 0.487 bits per heavy atom. The van der Waals surface area contributed by atoms with Crippen molar-refractivity contribution in [1.82, 2.24) is 0 Å². The van der Waals surface area contributed by atoms with E-state index in [1.165, 1.54) is 0 Å². The highest BCUT2D eigenvalue weighted by molar-refractivity contribution is 5.86. The summed E-state index contributed by atoms with van der Waals surface area (Å²) >= 11 is 0. The lowest BCUT2D eigenvalue weighted by Crippen LogP contribution is -3.09. The molecule has 0 saturated heterocycles. The first-order valence-corrected chi connectivity index (χ1v) is 8.77. The van der Waals surface area contributed by atoms with Crippen LogP contribution in [0.3, 0.4) is 0 Å². The molecule has 226 valence electrons. The molecule has 0 spiro atoms. The van der Waals surface area contributed by atoms with Gasteiger partial charge in [0.05, 0.1) is 0 Å². The summed E-state index contributed by atoms with van der Waals surface area (Å²) in [5, 5.41) is 0. The smallest absolute Gasteiger partial charge is 0.413 e. The fraction of sp³-hybridized carbons (Fsp3) is 0.800. The first-order chi connectivity index (χ1) is 16.7. The highest BCUT2D eigenvalue weighted by Crippen LogP contribution is 2.93. The minimum Gasteiger partial charge on any atom is -0.413 e. The van der Waals surface area contributed by atoms with Crippen molar-refractivity contribution in [1.29, 1.82) is 0 Å². The molecule has 0 heterocycles. The zero-order valence-corrected chi connectivity index (χ0v) is 16.6. The third-order valence-corrected chi connectivity index (χ3v) is 6.73. The van der Waals surface area contributed by atoms with Crippen LogP contribution >= 0.6 is 0 Å². The normalized spacial score (nSPS) is 41.5. The van der Waals surface area contributed by atoms with Crippen LogP contribution in [-0.2, 0) is 9.53 Å². The number of esters is 1. The van der Waals surface area contributed by atoms with Crippen LogP contribution < -0.4 is 0 Å². The van der Waals surface area contributed by atoms with E-state index in [0.717, 1.165) is 0 Å². The van der Waals surface area contributed by atoms with Gasteiger partial charge in [0.15, 0.2) is 0 Å². The number of hydrogen-bond donors (Lipinski definition) is 0.